The molecule has 0 aliphatic heterocycles. The Balaban J connectivity index is 1.99. The highest BCUT2D eigenvalue weighted by Crippen LogP contribution is 2.39. The number of hydrogen-bond acceptors (Lipinski definition) is 3. The van der Waals surface area contributed by atoms with Gasteiger partial charge in [-0.1, -0.05) is 0 Å². The Morgan fingerprint density at radius 2 is 2.21 bits per heavy atom. The maximum atomic E-state index is 13.4. The lowest BCUT2D eigenvalue weighted by molar-refractivity contribution is 0.0997. The van der Waals surface area contributed by atoms with Crippen LogP contribution in [0.15, 0.2) is 35.9 Å². The summed E-state index contributed by atoms with van der Waals surface area (Å²) in [5.74, 6) is -1.35. The van der Waals surface area contributed by atoms with Crippen LogP contribution in [0.3, 0.4) is 0 Å². The Hall–Kier alpha value is -2.37. The van der Waals surface area contributed by atoms with Crippen LogP contribution in [0.25, 0.3) is 5.69 Å². The molecular formula is C13H10FN3O2. The quantitative estimate of drug-likeness (QED) is 0.796. The number of amides is 1. The standard InChI is InChI=1S/C13H10FN3O2/c14-11-4-3-9(5-10(11)13(18)16-19)17-6-12(15-7-17)8-1-2-8/h3-8H,1-2H2. The number of nitrogens with zero attached hydrogens (tertiary/aromatic N) is 3. The third kappa shape index (κ3) is 2.16. The SMILES string of the molecule is O=NC(=O)c1cc(-n2cnc(C3CC3)c2)ccc1F. The molecule has 3 rings (SSSR count). The molecule has 1 aromatic carbocycles. The third-order valence-corrected chi connectivity index (χ3v) is 3.16. The molecular weight excluding hydrogens is 249 g/mol. The molecule has 2 aromatic rings. The van der Waals surface area contributed by atoms with Crippen LogP contribution in [-0.4, -0.2) is 15.5 Å². The van der Waals surface area contributed by atoms with Gasteiger partial charge in [0.2, 0.25) is 0 Å². The molecule has 0 atom stereocenters. The van der Waals surface area contributed by atoms with Crippen molar-refractivity contribution in [2.24, 2.45) is 5.18 Å². The summed E-state index contributed by atoms with van der Waals surface area (Å²) in [5.41, 5.74) is 1.24. The molecule has 0 spiro atoms. The number of imidazole rings is 1. The molecule has 1 heterocycles. The van der Waals surface area contributed by atoms with Gasteiger partial charge in [-0.2, -0.15) is 0 Å². The summed E-state index contributed by atoms with van der Waals surface area (Å²) in [7, 11) is 0. The first kappa shape index (κ1) is 11.7. The van der Waals surface area contributed by atoms with Crippen molar-refractivity contribution in [1.29, 1.82) is 0 Å². The van der Waals surface area contributed by atoms with Crippen LogP contribution in [0.2, 0.25) is 0 Å². The second kappa shape index (κ2) is 4.38. The highest BCUT2D eigenvalue weighted by Gasteiger charge is 2.26. The molecule has 5 nitrogen and oxygen atoms in total. The van der Waals surface area contributed by atoms with Gasteiger partial charge >= 0.3 is 5.91 Å². The minimum atomic E-state index is -1.11. The lowest BCUT2D eigenvalue weighted by Crippen LogP contribution is -2.01. The zero-order chi connectivity index (χ0) is 13.4. The van der Waals surface area contributed by atoms with E-state index < -0.39 is 11.7 Å². The minimum Gasteiger partial charge on any atom is -0.306 e. The summed E-state index contributed by atoms with van der Waals surface area (Å²) in [5, 5.41) is 2.24. The van der Waals surface area contributed by atoms with Crippen LogP contribution in [-0.2, 0) is 0 Å². The number of carbonyl (C=O) groups is 1. The van der Waals surface area contributed by atoms with Gasteiger partial charge in [-0.15, -0.1) is 4.91 Å². The zero-order valence-electron chi connectivity index (χ0n) is 9.91. The van der Waals surface area contributed by atoms with Crippen molar-refractivity contribution < 1.29 is 9.18 Å². The smallest absolute Gasteiger partial charge is 0.306 e. The zero-order valence-corrected chi connectivity index (χ0v) is 9.91. The molecule has 1 aliphatic carbocycles. The molecule has 0 unspecified atom stereocenters. The van der Waals surface area contributed by atoms with E-state index in [1.54, 1.807) is 10.9 Å². The van der Waals surface area contributed by atoms with E-state index >= 15 is 0 Å². The van der Waals surface area contributed by atoms with Crippen LogP contribution in [0.5, 0.6) is 0 Å². The molecule has 1 fully saturated rings. The van der Waals surface area contributed by atoms with E-state index in [9.17, 15) is 14.1 Å². The Morgan fingerprint density at radius 3 is 2.89 bits per heavy atom. The monoisotopic (exact) mass is 259 g/mol. The fourth-order valence-electron chi connectivity index (χ4n) is 1.96. The fourth-order valence-corrected chi connectivity index (χ4v) is 1.96. The van der Waals surface area contributed by atoms with Crippen molar-refractivity contribution in [3.8, 4) is 5.69 Å². The Kier molecular flexibility index (Phi) is 2.70. The van der Waals surface area contributed by atoms with Gasteiger partial charge in [0.05, 0.1) is 17.6 Å². The summed E-state index contributed by atoms with van der Waals surface area (Å²) < 4.78 is 15.1. The first-order valence-corrected chi connectivity index (χ1v) is 5.90. The van der Waals surface area contributed by atoms with Crippen molar-refractivity contribution >= 4 is 5.91 Å². The lowest BCUT2D eigenvalue weighted by atomic mass is 10.2. The normalized spacial score (nSPS) is 14.4. The van der Waals surface area contributed by atoms with E-state index in [4.69, 9.17) is 0 Å². The second-order valence-corrected chi connectivity index (χ2v) is 4.54. The molecule has 19 heavy (non-hydrogen) atoms. The van der Waals surface area contributed by atoms with Gasteiger partial charge in [0, 0.05) is 23.0 Å². The summed E-state index contributed by atoms with van der Waals surface area (Å²) in [6.07, 6.45) is 5.75. The number of carbonyl (C=O) groups excluding carboxylic acids is 1. The van der Waals surface area contributed by atoms with Crippen molar-refractivity contribution in [3.63, 3.8) is 0 Å². The van der Waals surface area contributed by atoms with Crippen LogP contribution in [0.1, 0.15) is 34.8 Å². The van der Waals surface area contributed by atoms with Crippen LogP contribution in [0.4, 0.5) is 4.39 Å². The molecule has 0 bridgehead atoms. The average molecular weight is 259 g/mol. The number of rotatable bonds is 3. The van der Waals surface area contributed by atoms with Crippen LogP contribution >= 0.6 is 0 Å². The Morgan fingerprint density at radius 1 is 1.42 bits per heavy atom. The molecule has 1 saturated carbocycles. The van der Waals surface area contributed by atoms with Gasteiger partial charge in [-0.25, -0.2) is 9.37 Å². The van der Waals surface area contributed by atoms with Crippen LogP contribution < -0.4 is 0 Å². The van der Waals surface area contributed by atoms with Gasteiger partial charge in [0.15, 0.2) is 0 Å². The summed E-state index contributed by atoms with van der Waals surface area (Å²) in [4.78, 5) is 25.7. The first-order valence-electron chi connectivity index (χ1n) is 5.90. The molecule has 0 N–H and O–H groups in total. The maximum absolute atomic E-state index is 13.4. The lowest BCUT2D eigenvalue weighted by Gasteiger charge is -2.04. The number of benzene rings is 1. The second-order valence-electron chi connectivity index (χ2n) is 4.54. The van der Waals surface area contributed by atoms with Gasteiger partial charge in [0.1, 0.15) is 5.82 Å². The molecule has 0 saturated heterocycles. The van der Waals surface area contributed by atoms with E-state index in [1.807, 2.05) is 6.20 Å². The van der Waals surface area contributed by atoms with Crippen molar-refractivity contribution in [1.82, 2.24) is 9.55 Å². The topological polar surface area (TPSA) is 64.3 Å². The fraction of sp³-hybridized carbons (Fsp3) is 0.231. The average Bonchev–Trinajstić information content (AvgIpc) is 3.16. The first-order chi connectivity index (χ1) is 9.19. The van der Waals surface area contributed by atoms with Crippen LogP contribution in [0, 0.1) is 10.7 Å². The van der Waals surface area contributed by atoms with Crippen molar-refractivity contribution in [2.45, 2.75) is 18.8 Å². The Bertz CT molecular complexity index is 662. The number of aromatic nitrogens is 2. The van der Waals surface area contributed by atoms with E-state index in [0.717, 1.165) is 24.6 Å². The number of halogens is 1. The number of nitroso groups, excluding NO2 is 1. The molecule has 1 aliphatic rings. The van der Waals surface area contributed by atoms with Gasteiger partial charge in [-0.05, 0) is 31.0 Å². The van der Waals surface area contributed by atoms with Gasteiger partial charge < -0.3 is 4.57 Å². The third-order valence-electron chi connectivity index (χ3n) is 3.16. The molecule has 0 radical (unpaired) electrons. The molecule has 96 valence electrons. The summed E-state index contributed by atoms with van der Waals surface area (Å²) in [6.45, 7) is 0. The van der Waals surface area contributed by atoms with E-state index in [1.165, 1.54) is 12.1 Å². The highest BCUT2D eigenvalue weighted by molar-refractivity contribution is 5.95. The molecule has 1 aromatic heterocycles. The molecule has 1 amide bonds. The Labute approximate surface area is 108 Å². The van der Waals surface area contributed by atoms with E-state index in [0.29, 0.717) is 11.6 Å². The summed E-state index contributed by atoms with van der Waals surface area (Å²) in [6, 6.07) is 3.97. The summed E-state index contributed by atoms with van der Waals surface area (Å²) >= 11 is 0. The maximum Gasteiger partial charge on any atom is 0.319 e. The van der Waals surface area contributed by atoms with E-state index in [-0.39, 0.29) is 5.56 Å². The predicted molar refractivity (Wildman–Crippen MR) is 65.6 cm³/mol. The van der Waals surface area contributed by atoms with Gasteiger partial charge in [0.25, 0.3) is 0 Å². The minimum absolute atomic E-state index is 0.325. The molecule has 6 heteroatoms. The largest absolute Gasteiger partial charge is 0.319 e. The van der Waals surface area contributed by atoms with E-state index in [2.05, 4.69) is 10.2 Å². The van der Waals surface area contributed by atoms with Crippen molar-refractivity contribution in [2.75, 3.05) is 0 Å². The predicted octanol–water partition coefficient (Wildman–Crippen LogP) is 2.80. The highest BCUT2D eigenvalue weighted by atomic mass is 19.1. The van der Waals surface area contributed by atoms with Gasteiger partial charge in [-0.3, -0.25) is 4.79 Å². The number of hydrogen-bond donors (Lipinski definition) is 0. The van der Waals surface area contributed by atoms with Crippen molar-refractivity contribution in [3.05, 3.63) is 52.7 Å².